The van der Waals surface area contributed by atoms with Crippen LogP contribution in [0.4, 0.5) is 0 Å². The molecule has 0 aliphatic carbocycles. The first-order valence-electron chi connectivity index (χ1n) is 11.7. The molecule has 0 saturated carbocycles. The molecule has 0 aliphatic heterocycles. The van der Waals surface area contributed by atoms with Gasteiger partial charge in [-0.2, -0.15) is 0 Å². The second kappa shape index (κ2) is 10.2. The predicted molar refractivity (Wildman–Crippen MR) is 146 cm³/mol. The molecule has 0 saturated heterocycles. The highest BCUT2D eigenvalue weighted by molar-refractivity contribution is 6.30. The molecule has 5 aromatic rings. The molecule has 0 atom stereocenters. The van der Waals surface area contributed by atoms with Gasteiger partial charge in [-0.15, -0.1) is 0 Å². The van der Waals surface area contributed by atoms with Gasteiger partial charge in [0.1, 0.15) is 5.75 Å². The van der Waals surface area contributed by atoms with E-state index in [9.17, 15) is 0 Å². The van der Waals surface area contributed by atoms with Crippen LogP contribution in [0.5, 0.6) is 5.75 Å². The van der Waals surface area contributed by atoms with Crippen LogP contribution in [-0.4, -0.2) is 12.1 Å². The Morgan fingerprint density at radius 1 is 0.686 bits per heavy atom. The number of hydrogen-bond acceptors (Lipinski definition) is 2. The van der Waals surface area contributed by atoms with Crippen LogP contribution in [0.3, 0.4) is 0 Å². The second-order valence-corrected chi connectivity index (χ2v) is 9.09. The molecule has 0 unspecified atom stereocenters. The Morgan fingerprint density at radius 2 is 1.31 bits per heavy atom. The first-order valence-corrected chi connectivity index (χ1v) is 12.0. The SMILES string of the molecule is COc1ccc(Cc2cc(-c3ccc(Cl)cc3)c(-c3ccc(C)cc3)nc2-c2ccccc2)cc1. The Kier molecular flexibility index (Phi) is 6.65. The monoisotopic (exact) mass is 475 g/mol. The Hall–Kier alpha value is -3.88. The summed E-state index contributed by atoms with van der Waals surface area (Å²) in [7, 11) is 1.69. The second-order valence-electron chi connectivity index (χ2n) is 8.66. The Labute approximate surface area is 211 Å². The fourth-order valence-corrected chi connectivity index (χ4v) is 4.41. The molecule has 1 heterocycles. The van der Waals surface area contributed by atoms with Gasteiger partial charge in [-0.3, -0.25) is 0 Å². The molecule has 2 nitrogen and oxygen atoms in total. The van der Waals surface area contributed by atoms with Gasteiger partial charge in [-0.05, 0) is 60.4 Å². The van der Waals surface area contributed by atoms with E-state index in [0.717, 1.165) is 50.8 Å². The summed E-state index contributed by atoms with van der Waals surface area (Å²) in [5.41, 5.74) is 9.93. The minimum Gasteiger partial charge on any atom is -0.497 e. The highest BCUT2D eigenvalue weighted by atomic mass is 35.5. The number of pyridine rings is 1. The normalized spacial score (nSPS) is 10.8. The maximum atomic E-state index is 6.22. The number of halogens is 1. The molecular formula is C32H26ClNO. The van der Waals surface area contributed by atoms with Crippen LogP contribution in [0.15, 0.2) is 109 Å². The molecule has 172 valence electrons. The van der Waals surface area contributed by atoms with E-state index in [1.165, 1.54) is 16.7 Å². The van der Waals surface area contributed by atoms with Gasteiger partial charge in [0.25, 0.3) is 0 Å². The van der Waals surface area contributed by atoms with Crippen molar-refractivity contribution in [3.8, 4) is 39.4 Å². The zero-order valence-corrected chi connectivity index (χ0v) is 20.6. The van der Waals surface area contributed by atoms with Crippen molar-refractivity contribution in [3.05, 3.63) is 131 Å². The highest BCUT2D eigenvalue weighted by Gasteiger charge is 2.17. The van der Waals surface area contributed by atoms with E-state index >= 15 is 0 Å². The molecule has 0 fully saturated rings. The largest absolute Gasteiger partial charge is 0.497 e. The summed E-state index contributed by atoms with van der Waals surface area (Å²) in [6.07, 6.45) is 0.760. The lowest BCUT2D eigenvalue weighted by Crippen LogP contribution is -2.00. The van der Waals surface area contributed by atoms with Gasteiger partial charge in [0.05, 0.1) is 18.5 Å². The molecule has 0 amide bonds. The molecule has 0 radical (unpaired) electrons. The summed E-state index contributed by atoms with van der Waals surface area (Å²) >= 11 is 6.22. The van der Waals surface area contributed by atoms with Crippen LogP contribution >= 0.6 is 11.6 Å². The van der Waals surface area contributed by atoms with E-state index in [1.54, 1.807) is 7.11 Å². The minimum atomic E-state index is 0.720. The van der Waals surface area contributed by atoms with E-state index in [0.29, 0.717) is 0 Å². The first-order chi connectivity index (χ1) is 17.1. The predicted octanol–water partition coefficient (Wildman–Crippen LogP) is 8.64. The molecule has 1 aromatic heterocycles. The van der Waals surface area contributed by atoms with Gasteiger partial charge in [0, 0.05) is 21.7 Å². The minimum absolute atomic E-state index is 0.720. The lowest BCUT2D eigenvalue weighted by molar-refractivity contribution is 0.414. The van der Waals surface area contributed by atoms with Gasteiger partial charge in [0.15, 0.2) is 0 Å². The van der Waals surface area contributed by atoms with Crippen LogP contribution in [0, 0.1) is 6.92 Å². The number of rotatable bonds is 6. The molecule has 5 rings (SSSR count). The molecule has 0 bridgehead atoms. The van der Waals surface area contributed by atoms with Crippen molar-refractivity contribution in [1.82, 2.24) is 4.98 Å². The van der Waals surface area contributed by atoms with E-state index in [2.05, 4.69) is 85.8 Å². The lowest BCUT2D eigenvalue weighted by atomic mass is 9.92. The number of ether oxygens (including phenoxy) is 1. The maximum absolute atomic E-state index is 6.22. The molecule has 0 N–H and O–H groups in total. The van der Waals surface area contributed by atoms with Crippen LogP contribution < -0.4 is 4.74 Å². The number of aromatic nitrogens is 1. The number of nitrogens with zero attached hydrogens (tertiary/aromatic N) is 1. The van der Waals surface area contributed by atoms with Crippen molar-refractivity contribution in [2.75, 3.05) is 7.11 Å². The van der Waals surface area contributed by atoms with Crippen LogP contribution in [0.25, 0.3) is 33.6 Å². The Bertz CT molecular complexity index is 1420. The highest BCUT2D eigenvalue weighted by Crippen LogP contribution is 2.37. The first kappa shape index (κ1) is 22.9. The molecule has 3 heteroatoms. The van der Waals surface area contributed by atoms with Crippen LogP contribution in [-0.2, 0) is 6.42 Å². The average molecular weight is 476 g/mol. The summed E-state index contributed by atoms with van der Waals surface area (Å²) in [5, 5.41) is 0.720. The van der Waals surface area contributed by atoms with Gasteiger partial charge in [-0.25, -0.2) is 4.98 Å². The standard InChI is InChI=1S/C32H26ClNO/c1-22-8-12-26(13-9-22)32-30(24-14-16-28(33)17-15-24)21-27(20-23-10-18-29(35-2)19-11-23)31(34-32)25-6-4-3-5-7-25/h3-19,21H,20H2,1-2H3. The van der Waals surface area contributed by atoms with Crippen molar-refractivity contribution < 1.29 is 4.74 Å². The van der Waals surface area contributed by atoms with E-state index in [4.69, 9.17) is 21.3 Å². The molecule has 35 heavy (non-hydrogen) atoms. The molecule has 0 aliphatic rings. The van der Waals surface area contributed by atoms with Crippen molar-refractivity contribution in [3.63, 3.8) is 0 Å². The number of benzene rings is 4. The molecular weight excluding hydrogens is 450 g/mol. The fraction of sp³-hybridized carbons (Fsp3) is 0.0938. The zero-order chi connectivity index (χ0) is 24.2. The molecule has 4 aromatic carbocycles. The Morgan fingerprint density at radius 3 is 1.97 bits per heavy atom. The van der Waals surface area contributed by atoms with Gasteiger partial charge < -0.3 is 4.74 Å². The maximum Gasteiger partial charge on any atom is 0.118 e. The smallest absolute Gasteiger partial charge is 0.118 e. The zero-order valence-electron chi connectivity index (χ0n) is 19.8. The van der Waals surface area contributed by atoms with Crippen molar-refractivity contribution in [2.45, 2.75) is 13.3 Å². The van der Waals surface area contributed by atoms with Gasteiger partial charge >= 0.3 is 0 Å². The third-order valence-corrected chi connectivity index (χ3v) is 6.43. The number of aryl methyl sites for hydroxylation is 1. The number of hydrogen-bond donors (Lipinski definition) is 0. The van der Waals surface area contributed by atoms with Crippen molar-refractivity contribution in [1.29, 1.82) is 0 Å². The van der Waals surface area contributed by atoms with Gasteiger partial charge in [0.2, 0.25) is 0 Å². The summed E-state index contributed by atoms with van der Waals surface area (Å²) in [6, 6.07) is 37.5. The summed E-state index contributed by atoms with van der Waals surface area (Å²) in [6.45, 7) is 2.10. The third-order valence-electron chi connectivity index (χ3n) is 6.18. The van der Waals surface area contributed by atoms with Crippen molar-refractivity contribution >= 4 is 11.6 Å². The average Bonchev–Trinajstić information content (AvgIpc) is 2.90. The summed E-state index contributed by atoms with van der Waals surface area (Å²) in [5.74, 6) is 0.853. The lowest BCUT2D eigenvalue weighted by Gasteiger charge is -2.17. The van der Waals surface area contributed by atoms with E-state index in [-0.39, 0.29) is 0 Å². The summed E-state index contributed by atoms with van der Waals surface area (Å²) in [4.78, 5) is 5.31. The van der Waals surface area contributed by atoms with E-state index < -0.39 is 0 Å². The third kappa shape index (κ3) is 5.13. The summed E-state index contributed by atoms with van der Waals surface area (Å²) < 4.78 is 5.35. The van der Waals surface area contributed by atoms with Crippen LogP contribution in [0.1, 0.15) is 16.7 Å². The quantitative estimate of drug-likeness (QED) is 0.245. The molecule has 0 spiro atoms. The topological polar surface area (TPSA) is 22.1 Å². The Balaban J connectivity index is 1.73. The van der Waals surface area contributed by atoms with E-state index in [1.807, 2.05) is 30.3 Å². The van der Waals surface area contributed by atoms with Gasteiger partial charge in [-0.1, -0.05) is 96.0 Å². The van der Waals surface area contributed by atoms with Crippen molar-refractivity contribution in [2.24, 2.45) is 0 Å². The number of methoxy groups -OCH3 is 1. The van der Waals surface area contributed by atoms with Crippen LogP contribution in [0.2, 0.25) is 5.02 Å². The fourth-order valence-electron chi connectivity index (χ4n) is 4.28.